The highest BCUT2D eigenvalue weighted by Crippen LogP contribution is 2.22. The van der Waals surface area contributed by atoms with E-state index in [1.165, 1.54) is 0 Å². The van der Waals surface area contributed by atoms with E-state index in [1.54, 1.807) is 7.11 Å². The van der Waals surface area contributed by atoms with Crippen LogP contribution in [0, 0.1) is 5.92 Å². The molecule has 0 radical (unpaired) electrons. The van der Waals surface area contributed by atoms with Crippen LogP contribution in [0.3, 0.4) is 0 Å². The number of hydrogen-bond donors (Lipinski definition) is 2. The Morgan fingerprint density at radius 3 is 2.88 bits per heavy atom. The fourth-order valence-electron chi connectivity index (χ4n) is 2.24. The zero-order valence-corrected chi connectivity index (χ0v) is 10.2. The van der Waals surface area contributed by atoms with Gasteiger partial charge in [-0.3, -0.25) is 0 Å². The lowest BCUT2D eigenvalue weighted by Gasteiger charge is -2.32. The van der Waals surface area contributed by atoms with Gasteiger partial charge in [0.25, 0.3) is 0 Å². The molecule has 0 aliphatic carbocycles. The number of nitrogens with one attached hydrogen (secondary N) is 1. The SMILES string of the molecule is COCC1CCN(c2cccc(NN)n2)CC1. The summed E-state index contributed by atoms with van der Waals surface area (Å²) in [5.41, 5.74) is 2.58. The first-order valence-electron chi connectivity index (χ1n) is 6.01. The monoisotopic (exact) mass is 236 g/mol. The average Bonchev–Trinajstić information content (AvgIpc) is 2.40. The second-order valence-corrected chi connectivity index (χ2v) is 4.41. The largest absolute Gasteiger partial charge is 0.384 e. The normalized spacial score (nSPS) is 17.2. The number of nitrogen functional groups attached to an aromatic ring is 1. The molecule has 0 bridgehead atoms. The van der Waals surface area contributed by atoms with Gasteiger partial charge in [0.2, 0.25) is 0 Å². The van der Waals surface area contributed by atoms with Crippen molar-refractivity contribution in [1.82, 2.24) is 4.98 Å². The molecule has 0 amide bonds. The fraction of sp³-hybridized carbons (Fsp3) is 0.583. The lowest BCUT2D eigenvalue weighted by molar-refractivity contribution is 0.139. The van der Waals surface area contributed by atoms with E-state index in [1.807, 2.05) is 18.2 Å². The summed E-state index contributed by atoms with van der Waals surface area (Å²) < 4.78 is 5.20. The van der Waals surface area contributed by atoms with Gasteiger partial charge >= 0.3 is 0 Å². The summed E-state index contributed by atoms with van der Waals surface area (Å²) in [6.45, 7) is 2.94. The maximum atomic E-state index is 5.36. The van der Waals surface area contributed by atoms with Crippen LogP contribution in [0.5, 0.6) is 0 Å². The minimum absolute atomic E-state index is 0.687. The maximum Gasteiger partial charge on any atom is 0.142 e. The molecule has 0 unspecified atom stereocenters. The molecule has 1 aromatic heterocycles. The molecule has 5 heteroatoms. The van der Waals surface area contributed by atoms with Crippen LogP contribution in [0.2, 0.25) is 0 Å². The van der Waals surface area contributed by atoms with Crippen molar-refractivity contribution in [3.05, 3.63) is 18.2 Å². The van der Waals surface area contributed by atoms with Gasteiger partial charge in [-0.1, -0.05) is 6.07 Å². The van der Waals surface area contributed by atoms with Gasteiger partial charge in [-0.2, -0.15) is 0 Å². The van der Waals surface area contributed by atoms with E-state index in [-0.39, 0.29) is 0 Å². The van der Waals surface area contributed by atoms with Gasteiger partial charge in [0, 0.05) is 26.8 Å². The smallest absolute Gasteiger partial charge is 0.142 e. The van der Waals surface area contributed by atoms with E-state index in [9.17, 15) is 0 Å². The van der Waals surface area contributed by atoms with Crippen LogP contribution in [0.15, 0.2) is 18.2 Å². The Balaban J connectivity index is 1.95. The number of pyridine rings is 1. The minimum Gasteiger partial charge on any atom is -0.384 e. The van der Waals surface area contributed by atoms with Gasteiger partial charge in [0.15, 0.2) is 0 Å². The van der Waals surface area contributed by atoms with Crippen LogP contribution in [-0.2, 0) is 4.74 Å². The molecule has 1 saturated heterocycles. The second-order valence-electron chi connectivity index (χ2n) is 4.41. The zero-order valence-electron chi connectivity index (χ0n) is 10.2. The van der Waals surface area contributed by atoms with Crippen LogP contribution < -0.4 is 16.2 Å². The average molecular weight is 236 g/mol. The number of hydrazine groups is 1. The van der Waals surface area contributed by atoms with E-state index in [4.69, 9.17) is 10.6 Å². The Hall–Kier alpha value is -1.33. The number of ether oxygens (including phenoxy) is 1. The highest BCUT2D eigenvalue weighted by Gasteiger charge is 2.19. The van der Waals surface area contributed by atoms with Crippen LogP contribution in [0.4, 0.5) is 11.6 Å². The third-order valence-corrected chi connectivity index (χ3v) is 3.22. The molecule has 5 nitrogen and oxygen atoms in total. The summed E-state index contributed by atoms with van der Waals surface area (Å²) in [5, 5.41) is 0. The van der Waals surface area contributed by atoms with E-state index < -0.39 is 0 Å². The Bertz CT molecular complexity index is 350. The standard InChI is InChI=1S/C12H20N4O/c1-17-9-10-5-7-16(8-6-10)12-4-2-3-11(14-12)15-13/h2-4,10H,5-9,13H2,1H3,(H,14,15). The Morgan fingerprint density at radius 1 is 1.47 bits per heavy atom. The zero-order chi connectivity index (χ0) is 12.1. The van der Waals surface area contributed by atoms with Gasteiger partial charge in [-0.15, -0.1) is 0 Å². The molecule has 1 fully saturated rings. The molecule has 1 aromatic rings. The highest BCUT2D eigenvalue weighted by molar-refractivity contribution is 5.46. The maximum absolute atomic E-state index is 5.36. The number of nitrogens with zero attached hydrogens (tertiary/aromatic N) is 2. The van der Waals surface area contributed by atoms with Crippen LogP contribution in [0.1, 0.15) is 12.8 Å². The van der Waals surface area contributed by atoms with E-state index in [0.29, 0.717) is 11.7 Å². The number of rotatable bonds is 4. The third-order valence-electron chi connectivity index (χ3n) is 3.22. The molecule has 0 atom stereocenters. The molecule has 2 rings (SSSR count). The molecule has 0 aromatic carbocycles. The fourth-order valence-corrected chi connectivity index (χ4v) is 2.24. The van der Waals surface area contributed by atoms with Crippen molar-refractivity contribution < 1.29 is 4.74 Å². The molecule has 2 heterocycles. The van der Waals surface area contributed by atoms with Crippen molar-refractivity contribution in [3.8, 4) is 0 Å². The highest BCUT2D eigenvalue weighted by atomic mass is 16.5. The van der Waals surface area contributed by atoms with Gasteiger partial charge in [-0.25, -0.2) is 10.8 Å². The topological polar surface area (TPSA) is 63.4 Å². The molecule has 1 aliphatic rings. The van der Waals surface area contributed by atoms with Crippen molar-refractivity contribution in [2.45, 2.75) is 12.8 Å². The van der Waals surface area contributed by atoms with Crippen LogP contribution >= 0.6 is 0 Å². The first kappa shape index (κ1) is 12.1. The number of hydrogen-bond acceptors (Lipinski definition) is 5. The molecule has 3 N–H and O–H groups in total. The summed E-state index contributed by atoms with van der Waals surface area (Å²) >= 11 is 0. The molecule has 94 valence electrons. The molecule has 0 spiro atoms. The predicted molar refractivity (Wildman–Crippen MR) is 68.9 cm³/mol. The van der Waals surface area contributed by atoms with Crippen molar-refractivity contribution >= 4 is 11.6 Å². The lowest BCUT2D eigenvalue weighted by Crippen LogP contribution is -2.35. The first-order chi connectivity index (χ1) is 8.33. The van der Waals surface area contributed by atoms with E-state index in [2.05, 4.69) is 15.3 Å². The molecular weight excluding hydrogens is 216 g/mol. The number of anilines is 2. The number of aromatic nitrogens is 1. The number of nitrogens with two attached hydrogens (primary N) is 1. The lowest BCUT2D eigenvalue weighted by atomic mass is 9.98. The van der Waals surface area contributed by atoms with Gasteiger partial charge in [-0.05, 0) is 30.9 Å². The van der Waals surface area contributed by atoms with Crippen molar-refractivity contribution in [2.75, 3.05) is 37.1 Å². The Morgan fingerprint density at radius 2 is 2.24 bits per heavy atom. The molecule has 0 saturated carbocycles. The minimum atomic E-state index is 0.687. The quantitative estimate of drug-likeness (QED) is 0.608. The first-order valence-corrected chi connectivity index (χ1v) is 6.01. The summed E-state index contributed by atoms with van der Waals surface area (Å²) in [6, 6.07) is 5.86. The number of piperidine rings is 1. The van der Waals surface area contributed by atoms with Crippen molar-refractivity contribution in [1.29, 1.82) is 0 Å². The third kappa shape index (κ3) is 3.08. The van der Waals surface area contributed by atoms with Gasteiger partial charge in [0.05, 0.1) is 0 Å². The molecule has 1 aliphatic heterocycles. The second kappa shape index (κ2) is 5.84. The Labute approximate surface area is 102 Å². The summed E-state index contributed by atoms with van der Waals surface area (Å²) in [7, 11) is 1.77. The van der Waals surface area contributed by atoms with Crippen LogP contribution in [0.25, 0.3) is 0 Å². The predicted octanol–water partition coefficient (Wildman–Crippen LogP) is 1.23. The molecular formula is C12H20N4O. The van der Waals surface area contributed by atoms with E-state index in [0.717, 1.165) is 38.4 Å². The summed E-state index contributed by atoms with van der Waals surface area (Å²) in [4.78, 5) is 6.74. The van der Waals surface area contributed by atoms with E-state index >= 15 is 0 Å². The van der Waals surface area contributed by atoms with Gasteiger partial charge in [0.1, 0.15) is 11.6 Å². The Kier molecular flexibility index (Phi) is 4.17. The molecule has 17 heavy (non-hydrogen) atoms. The van der Waals surface area contributed by atoms with Gasteiger partial charge < -0.3 is 15.1 Å². The van der Waals surface area contributed by atoms with Crippen molar-refractivity contribution in [3.63, 3.8) is 0 Å². The summed E-state index contributed by atoms with van der Waals surface area (Å²) in [6.07, 6.45) is 2.33. The summed E-state index contributed by atoms with van der Waals surface area (Å²) in [5.74, 6) is 7.76. The van der Waals surface area contributed by atoms with Crippen molar-refractivity contribution in [2.24, 2.45) is 11.8 Å². The van der Waals surface area contributed by atoms with Crippen LogP contribution in [-0.4, -0.2) is 31.8 Å². The number of methoxy groups -OCH3 is 1.